The number of nitrogens with zero attached hydrogens (tertiary/aromatic N) is 5. The maximum Gasteiger partial charge on any atom is 0.409 e. The molecule has 0 saturated carbocycles. The first kappa shape index (κ1) is 26.6. The Hall–Kier alpha value is -4.00. The summed E-state index contributed by atoms with van der Waals surface area (Å²) in [6.45, 7) is 0.526. The zero-order valence-corrected chi connectivity index (χ0v) is 21.5. The lowest BCUT2D eigenvalue weighted by Crippen LogP contribution is -2.37. The first-order valence-corrected chi connectivity index (χ1v) is 11.1. The van der Waals surface area contributed by atoms with Crippen LogP contribution in [0.25, 0.3) is 11.2 Å². The zero-order valence-electron chi connectivity index (χ0n) is 21.5. The number of carbonyl (C=O) groups is 1. The number of hydrogen-bond donors (Lipinski definition) is 1. The van der Waals surface area contributed by atoms with Crippen LogP contribution in [0.4, 0.5) is 10.7 Å². The van der Waals surface area contributed by atoms with Gasteiger partial charge in [0.05, 0.1) is 26.9 Å². The first-order valence-electron chi connectivity index (χ1n) is 11.1. The van der Waals surface area contributed by atoms with E-state index in [-0.39, 0.29) is 17.8 Å². The molecule has 13 nitrogen and oxygen atoms in total. The molecule has 0 aliphatic heterocycles. The van der Waals surface area contributed by atoms with Gasteiger partial charge >= 0.3 is 11.8 Å². The van der Waals surface area contributed by atoms with E-state index in [1.165, 1.54) is 30.7 Å². The standard InChI is InChI=1S/C23H32N6O7/c1-26(2)23(32)36-13-15(14-8-9-16(34-6)17(12-14)35-7)24-21-25-19-18(29(21)10-11-33-5)20(30)28(4)22(31)27(19)3/h8-9,12,15H,10-11,13H2,1-7H3,(H,24,25)/t15-/m0/s1. The summed E-state index contributed by atoms with van der Waals surface area (Å²) in [5.41, 5.74) is 0.207. The zero-order chi connectivity index (χ0) is 26.6. The van der Waals surface area contributed by atoms with Gasteiger partial charge in [0.2, 0.25) is 5.95 Å². The Bertz CT molecular complexity index is 1360. The minimum Gasteiger partial charge on any atom is -0.493 e. The van der Waals surface area contributed by atoms with Crippen LogP contribution in [0.1, 0.15) is 11.6 Å². The van der Waals surface area contributed by atoms with Crippen LogP contribution in [-0.4, -0.2) is 78.3 Å². The van der Waals surface area contributed by atoms with E-state index in [0.717, 1.165) is 4.57 Å². The van der Waals surface area contributed by atoms with Crippen molar-refractivity contribution in [2.45, 2.75) is 12.6 Å². The molecule has 0 aliphatic carbocycles. The smallest absolute Gasteiger partial charge is 0.409 e. The molecule has 0 aliphatic rings. The van der Waals surface area contributed by atoms with Crippen LogP contribution in [0.5, 0.6) is 11.5 Å². The lowest BCUT2D eigenvalue weighted by atomic mass is 10.1. The van der Waals surface area contributed by atoms with Gasteiger partial charge in [-0.25, -0.2) is 9.59 Å². The van der Waals surface area contributed by atoms with E-state index in [9.17, 15) is 14.4 Å². The number of fused-ring (bicyclic) bond motifs is 1. The van der Waals surface area contributed by atoms with Crippen LogP contribution in [0.15, 0.2) is 27.8 Å². The van der Waals surface area contributed by atoms with Crippen molar-refractivity contribution in [3.8, 4) is 11.5 Å². The second kappa shape index (κ2) is 11.2. The fraction of sp³-hybridized carbons (Fsp3) is 0.478. The molecule has 196 valence electrons. The number of methoxy groups -OCH3 is 3. The van der Waals surface area contributed by atoms with Crippen molar-refractivity contribution >= 4 is 23.2 Å². The molecule has 0 unspecified atom stereocenters. The molecule has 0 fully saturated rings. The summed E-state index contributed by atoms with van der Waals surface area (Å²) in [7, 11) is 10.7. The third-order valence-corrected chi connectivity index (χ3v) is 5.72. The molecule has 0 bridgehead atoms. The van der Waals surface area contributed by atoms with E-state index in [0.29, 0.717) is 36.2 Å². The third kappa shape index (κ3) is 5.15. The fourth-order valence-electron chi connectivity index (χ4n) is 3.69. The second-order valence-corrected chi connectivity index (χ2v) is 8.24. The summed E-state index contributed by atoms with van der Waals surface area (Å²) in [4.78, 5) is 43.6. The van der Waals surface area contributed by atoms with Gasteiger partial charge in [-0.05, 0) is 17.7 Å². The van der Waals surface area contributed by atoms with Crippen LogP contribution in [0, 0.1) is 0 Å². The van der Waals surface area contributed by atoms with Crippen molar-refractivity contribution in [3.63, 3.8) is 0 Å². The number of aryl methyl sites for hydroxylation is 1. The summed E-state index contributed by atoms with van der Waals surface area (Å²) >= 11 is 0. The van der Waals surface area contributed by atoms with Crippen molar-refractivity contribution in [3.05, 3.63) is 44.6 Å². The Morgan fingerprint density at radius 3 is 2.39 bits per heavy atom. The Balaban J connectivity index is 2.14. The van der Waals surface area contributed by atoms with Crippen LogP contribution in [0.2, 0.25) is 0 Å². The molecule has 0 radical (unpaired) electrons. The number of benzene rings is 1. The average molecular weight is 505 g/mol. The first-order chi connectivity index (χ1) is 17.1. The van der Waals surface area contributed by atoms with Crippen LogP contribution >= 0.6 is 0 Å². The van der Waals surface area contributed by atoms with E-state index in [1.54, 1.807) is 51.0 Å². The number of carbonyl (C=O) groups excluding carboxylic acids is 1. The number of nitrogens with one attached hydrogen (secondary N) is 1. The van der Waals surface area contributed by atoms with Gasteiger partial charge in [-0.3, -0.25) is 13.9 Å². The molecule has 0 saturated heterocycles. The number of ether oxygens (including phenoxy) is 4. The number of rotatable bonds is 10. The number of hydrogen-bond acceptors (Lipinski definition) is 9. The topological polar surface area (TPSA) is 131 Å². The number of aromatic nitrogens is 4. The highest BCUT2D eigenvalue weighted by molar-refractivity contribution is 5.74. The molecule has 1 N–H and O–H groups in total. The van der Waals surface area contributed by atoms with Gasteiger partial charge in [0.15, 0.2) is 22.7 Å². The normalized spacial score (nSPS) is 11.9. The summed E-state index contributed by atoms with van der Waals surface area (Å²) in [6, 6.07) is 4.72. The SMILES string of the molecule is COCCn1c(N[C@@H](COC(=O)N(C)C)c2ccc(OC)c(OC)c2)nc2c1c(=O)n(C)c(=O)n2C. The van der Waals surface area contributed by atoms with Crippen LogP contribution in [0.3, 0.4) is 0 Å². The average Bonchev–Trinajstić information content (AvgIpc) is 3.24. The van der Waals surface area contributed by atoms with Gasteiger partial charge in [-0.15, -0.1) is 0 Å². The molecule has 1 atom stereocenters. The summed E-state index contributed by atoms with van der Waals surface area (Å²) in [6.07, 6.45) is -0.522. The van der Waals surface area contributed by atoms with Crippen LogP contribution in [-0.2, 0) is 30.1 Å². The summed E-state index contributed by atoms with van der Waals surface area (Å²) < 4.78 is 25.5. The van der Waals surface area contributed by atoms with Gasteiger partial charge in [-0.1, -0.05) is 6.07 Å². The predicted molar refractivity (Wildman–Crippen MR) is 133 cm³/mol. The van der Waals surface area contributed by atoms with Gasteiger partial charge in [0, 0.05) is 41.8 Å². The Kier molecular flexibility index (Phi) is 8.25. The Morgan fingerprint density at radius 1 is 1.08 bits per heavy atom. The van der Waals surface area contributed by atoms with Crippen LogP contribution < -0.4 is 26.0 Å². The maximum absolute atomic E-state index is 13.0. The molecule has 13 heteroatoms. The quantitative estimate of drug-likeness (QED) is 0.429. The number of imidazole rings is 1. The minimum atomic E-state index is -0.590. The summed E-state index contributed by atoms with van der Waals surface area (Å²) in [5, 5.41) is 3.28. The molecule has 36 heavy (non-hydrogen) atoms. The van der Waals surface area contributed by atoms with Gasteiger partial charge in [-0.2, -0.15) is 4.98 Å². The van der Waals surface area contributed by atoms with Crippen molar-refractivity contribution in [2.24, 2.45) is 14.1 Å². The molecule has 1 amide bonds. The second-order valence-electron chi connectivity index (χ2n) is 8.24. The van der Waals surface area contributed by atoms with Crippen molar-refractivity contribution in [1.29, 1.82) is 0 Å². The van der Waals surface area contributed by atoms with Gasteiger partial charge in [0.25, 0.3) is 5.56 Å². The number of amides is 1. The van der Waals surface area contributed by atoms with E-state index >= 15 is 0 Å². The third-order valence-electron chi connectivity index (χ3n) is 5.72. The molecule has 2 aromatic heterocycles. The molecular formula is C23H32N6O7. The highest BCUT2D eigenvalue weighted by atomic mass is 16.6. The molecule has 0 spiro atoms. The maximum atomic E-state index is 13.0. The van der Waals surface area contributed by atoms with E-state index in [2.05, 4.69) is 10.3 Å². The Labute approximate surface area is 207 Å². The molecule has 3 aromatic rings. The number of anilines is 1. The predicted octanol–water partition coefficient (Wildman–Crippen LogP) is 0.949. The minimum absolute atomic E-state index is 0.0586. The molecule has 3 rings (SSSR count). The van der Waals surface area contributed by atoms with Crippen molar-refractivity contribution in [2.75, 3.05) is 54.0 Å². The largest absolute Gasteiger partial charge is 0.493 e. The Morgan fingerprint density at radius 2 is 1.78 bits per heavy atom. The molecule has 2 heterocycles. The molecular weight excluding hydrogens is 472 g/mol. The van der Waals surface area contributed by atoms with E-state index in [4.69, 9.17) is 18.9 Å². The van der Waals surface area contributed by atoms with E-state index in [1.807, 2.05) is 0 Å². The van der Waals surface area contributed by atoms with E-state index < -0.39 is 23.4 Å². The van der Waals surface area contributed by atoms with Crippen molar-refractivity contribution < 1.29 is 23.7 Å². The van der Waals surface area contributed by atoms with Gasteiger partial charge < -0.3 is 33.7 Å². The van der Waals surface area contributed by atoms with Crippen molar-refractivity contribution in [1.82, 2.24) is 23.6 Å². The fourth-order valence-corrected chi connectivity index (χ4v) is 3.69. The summed E-state index contributed by atoms with van der Waals surface area (Å²) in [5.74, 6) is 1.34. The highest BCUT2D eigenvalue weighted by Gasteiger charge is 2.24. The van der Waals surface area contributed by atoms with Gasteiger partial charge in [0.1, 0.15) is 6.61 Å². The lowest BCUT2D eigenvalue weighted by Gasteiger charge is -2.22. The molecule has 1 aromatic carbocycles. The lowest BCUT2D eigenvalue weighted by molar-refractivity contribution is 0.114. The monoisotopic (exact) mass is 504 g/mol. The highest BCUT2D eigenvalue weighted by Crippen LogP contribution is 2.31.